The third-order valence-corrected chi connectivity index (χ3v) is 7.92. The molecule has 2 atom stereocenters. The highest BCUT2D eigenvalue weighted by Gasteiger charge is 2.42. The summed E-state index contributed by atoms with van der Waals surface area (Å²) in [6.45, 7) is 6.08. The fraction of sp³-hybridized carbons (Fsp3) is 0.457. The lowest BCUT2D eigenvalue weighted by molar-refractivity contribution is -0.165. The Balaban J connectivity index is 1.86. The molecule has 0 bridgehead atoms. The van der Waals surface area contributed by atoms with E-state index in [-0.39, 0.29) is 44.7 Å². The first-order chi connectivity index (χ1) is 23.3. The molecule has 1 aromatic carbocycles. The van der Waals surface area contributed by atoms with Crippen molar-refractivity contribution in [1.82, 2.24) is 9.88 Å². The molecule has 1 fully saturated rings. The Morgan fingerprint density at radius 1 is 1.06 bits per heavy atom. The number of likely N-dealkylation sites (tertiary alicyclic amines) is 1. The summed E-state index contributed by atoms with van der Waals surface area (Å²) in [6.07, 6.45) is 1.50. The Labute approximate surface area is 284 Å². The molecular formula is C35H43N3O11. The highest BCUT2D eigenvalue weighted by atomic mass is 16.5. The Morgan fingerprint density at radius 3 is 2.47 bits per heavy atom. The maximum Gasteiger partial charge on any atom is 0.330 e. The maximum atomic E-state index is 13.8. The van der Waals surface area contributed by atoms with Gasteiger partial charge in [0.1, 0.15) is 24.6 Å². The number of carboxylic acid groups (broad SMARTS) is 1. The van der Waals surface area contributed by atoms with Crippen LogP contribution in [0.1, 0.15) is 69.7 Å². The number of rotatable bonds is 17. The molecule has 2 heterocycles. The van der Waals surface area contributed by atoms with Gasteiger partial charge in [-0.1, -0.05) is 18.7 Å². The first kappa shape index (κ1) is 38.2. The standard InChI is InChI=1S/C35H43N3O11/c1-6-31(42)48-21-35(2,3)32(43)33(44)38-19-8-7-11-24(38)34(45)49-25(15-13-22-14-16-26(46-4)27(20-22)47-5)23-10-9-12-28(36-23)37-29(39)17-18-30(40)41/h6,9-10,12,14,16,20,24-25H,1,7-8,11,13,15,17-19,21H2,2-5H3,(H,40,41)(H,36,37,39)/t24-,25+/m0/s1. The lowest BCUT2D eigenvalue weighted by Gasteiger charge is -2.36. The number of pyridine rings is 1. The molecule has 0 spiro atoms. The van der Waals surface area contributed by atoms with E-state index in [0.717, 1.165) is 11.6 Å². The quantitative estimate of drug-likeness (QED) is 0.140. The first-order valence-electron chi connectivity index (χ1n) is 15.8. The van der Waals surface area contributed by atoms with Crippen LogP contribution in [0.5, 0.6) is 11.5 Å². The van der Waals surface area contributed by atoms with Crippen LogP contribution in [0.25, 0.3) is 0 Å². The lowest BCUT2D eigenvalue weighted by Crippen LogP contribution is -2.53. The summed E-state index contributed by atoms with van der Waals surface area (Å²) in [5, 5.41) is 11.5. The number of hydrogen-bond donors (Lipinski definition) is 2. The minimum Gasteiger partial charge on any atom is -0.493 e. The van der Waals surface area contributed by atoms with Gasteiger partial charge in [-0.05, 0) is 75.8 Å². The number of benzene rings is 1. The molecule has 2 aromatic rings. The fourth-order valence-corrected chi connectivity index (χ4v) is 5.16. The molecule has 264 valence electrons. The number of aliphatic carboxylic acids is 1. The second-order valence-corrected chi connectivity index (χ2v) is 12.1. The number of anilines is 1. The molecule has 0 radical (unpaired) electrons. The average Bonchev–Trinajstić information content (AvgIpc) is 3.10. The van der Waals surface area contributed by atoms with Crippen LogP contribution in [0.4, 0.5) is 5.82 Å². The predicted octanol–water partition coefficient (Wildman–Crippen LogP) is 3.82. The molecule has 1 aromatic heterocycles. The number of amides is 2. The van der Waals surface area contributed by atoms with E-state index in [0.29, 0.717) is 36.5 Å². The van der Waals surface area contributed by atoms with Crippen molar-refractivity contribution in [3.8, 4) is 11.5 Å². The molecule has 1 saturated heterocycles. The molecule has 2 N–H and O–H groups in total. The number of Topliss-reactive ketones (excluding diaryl/α,β-unsaturated/α-hetero) is 1. The molecule has 49 heavy (non-hydrogen) atoms. The van der Waals surface area contributed by atoms with Crippen molar-refractivity contribution < 1.29 is 52.8 Å². The van der Waals surface area contributed by atoms with Gasteiger partial charge in [0.2, 0.25) is 11.7 Å². The molecule has 14 heteroatoms. The second kappa shape index (κ2) is 17.8. The number of esters is 2. The zero-order chi connectivity index (χ0) is 36.1. The summed E-state index contributed by atoms with van der Waals surface area (Å²) in [5.74, 6) is -3.63. The minimum absolute atomic E-state index is 0.138. The first-order valence-corrected chi connectivity index (χ1v) is 15.8. The Morgan fingerprint density at radius 2 is 1.80 bits per heavy atom. The largest absolute Gasteiger partial charge is 0.493 e. The van der Waals surface area contributed by atoms with Crippen LogP contribution < -0.4 is 14.8 Å². The number of carboxylic acids is 1. The van der Waals surface area contributed by atoms with Gasteiger partial charge in [0.05, 0.1) is 31.7 Å². The summed E-state index contributed by atoms with van der Waals surface area (Å²) in [6, 6.07) is 9.10. The topological polar surface area (TPSA) is 188 Å². The summed E-state index contributed by atoms with van der Waals surface area (Å²) < 4.78 is 21.8. The van der Waals surface area contributed by atoms with Gasteiger partial charge in [-0.25, -0.2) is 14.6 Å². The summed E-state index contributed by atoms with van der Waals surface area (Å²) in [4.78, 5) is 81.1. The number of hydrogen-bond acceptors (Lipinski definition) is 11. The minimum atomic E-state index is -1.36. The van der Waals surface area contributed by atoms with Gasteiger partial charge in [-0.15, -0.1) is 0 Å². The third-order valence-electron chi connectivity index (χ3n) is 7.92. The Hall–Kier alpha value is -5.27. The van der Waals surface area contributed by atoms with Crippen LogP contribution in [0.15, 0.2) is 49.1 Å². The number of aromatic nitrogens is 1. The van der Waals surface area contributed by atoms with Crippen molar-refractivity contribution in [3.63, 3.8) is 0 Å². The van der Waals surface area contributed by atoms with Crippen molar-refractivity contribution in [3.05, 3.63) is 60.3 Å². The van der Waals surface area contributed by atoms with Crippen LogP contribution in [0.2, 0.25) is 0 Å². The number of nitrogens with zero attached hydrogens (tertiary/aromatic N) is 2. The molecule has 3 rings (SSSR count). The summed E-state index contributed by atoms with van der Waals surface area (Å²) in [5.41, 5.74) is -0.209. The normalized spacial score (nSPS) is 14.9. The van der Waals surface area contributed by atoms with Crippen LogP contribution >= 0.6 is 0 Å². The second-order valence-electron chi connectivity index (χ2n) is 12.1. The fourth-order valence-electron chi connectivity index (χ4n) is 5.16. The molecule has 2 amide bonds. The average molecular weight is 682 g/mol. The number of carbonyl (C=O) groups excluding carboxylic acids is 5. The van der Waals surface area contributed by atoms with Crippen LogP contribution in [0, 0.1) is 5.41 Å². The molecule has 1 aliphatic rings. The summed E-state index contributed by atoms with van der Waals surface area (Å²) >= 11 is 0. The number of nitrogens with one attached hydrogen (secondary N) is 1. The summed E-state index contributed by atoms with van der Waals surface area (Å²) in [7, 11) is 3.04. The highest BCUT2D eigenvalue weighted by Crippen LogP contribution is 2.31. The highest BCUT2D eigenvalue weighted by molar-refractivity contribution is 6.38. The van der Waals surface area contributed by atoms with Crippen LogP contribution in [0.3, 0.4) is 0 Å². The molecule has 0 aliphatic carbocycles. The van der Waals surface area contributed by atoms with Crippen molar-refractivity contribution in [2.75, 3.05) is 32.7 Å². The SMILES string of the molecule is C=CC(=O)OCC(C)(C)C(=O)C(=O)N1CCCC[C@H]1C(=O)O[C@H](CCc1ccc(OC)c(OC)c1)c1cccc(NC(=O)CCC(=O)O)n1. The van der Waals surface area contributed by atoms with Gasteiger partial charge in [0, 0.05) is 19.0 Å². The molecule has 0 saturated carbocycles. The van der Waals surface area contributed by atoms with Crippen LogP contribution in [-0.2, 0) is 44.7 Å². The maximum absolute atomic E-state index is 13.8. The van der Waals surface area contributed by atoms with E-state index < -0.39 is 53.1 Å². The zero-order valence-electron chi connectivity index (χ0n) is 28.2. The number of ketones is 1. The van der Waals surface area contributed by atoms with E-state index in [2.05, 4.69) is 16.9 Å². The van der Waals surface area contributed by atoms with Crippen LogP contribution in [-0.4, -0.2) is 83.9 Å². The Bertz CT molecular complexity index is 1550. The number of methoxy groups -OCH3 is 2. The van der Waals surface area contributed by atoms with E-state index in [1.54, 1.807) is 24.3 Å². The Kier molecular flexibility index (Phi) is 13.8. The van der Waals surface area contributed by atoms with Gasteiger partial charge >= 0.3 is 17.9 Å². The number of aryl methyl sites for hydroxylation is 1. The number of carbonyl (C=O) groups is 6. The predicted molar refractivity (Wildman–Crippen MR) is 176 cm³/mol. The van der Waals surface area contributed by atoms with Gasteiger partial charge in [-0.2, -0.15) is 0 Å². The number of piperidine rings is 1. The van der Waals surface area contributed by atoms with Crippen molar-refractivity contribution in [2.24, 2.45) is 5.41 Å². The monoisotopic (exact) mass is 681 g/mol. The lowest BCUT2D eigenvalue weighted by atomic mass is 9.87. The van der Waals surface area contributed by atoms with E-state index in [1.165, 1.54) is 39.0 Å². The van der Waals surface area contributed by atoms with Gasteiger partial charge in [0.25, 0.3) is 5.91 Å². The van der Waals surface area contributed by atoms with Crippen molar-refractivity contribution in [1.29, 1.82) is 0 Å². The zero-order valence-corrected chi connectivity index (χ0v) is 28.2. The van der Waals surface area contributed by atoms with Gasteiger partial charge in [-0.3, -0.25) is 19.2 Å². The van der Waals surface area contributed by atoms with E-state index in [9.17, 15) is 28.8 Å². The smallest absolute Gasteiger partial charge is 0.330 e. The molecule has 1 aliphatic heterocycles. The molecular weight excluding hydrogens is 638 g/mol. The molecule has 0 unspecified atom stereocenters. The third kappa shape index (κ3) is 10.9. The van der Waals surface area contributed by atoms with Gasteiger partial charge in [0.15, 0.2) is 11.5 Å². The van der Waals surface area contributed by atoms with E-state index >= 15 is 0 Å². The van der Waals surface area contributed by atoms with Gasteiger partial charge < -0.3 is 34.3 Å². The van der Waals surface area contributed by atoms with E-state index in [1.807, 2.05) is 6.07 Å². The van der Waals surface area contributed by atoms with Crippen molar-refractivity contribution in [2.45, 2.75) is 70.9 Å². The molecule has 14 nitrogen and oxygen atoms in total. The van der Waals surface area contributed by atoms with E-state index in [4.69, 9.17) is 24.1 Å². The number of ether oxygens (including phenoxy) is 4. The van der Waals surface area contributed by atoms with Crippen molar-refractivity contribution >= 4 is 41.3 Å².